The molecule has 0 heterocycles. The molecule has 0 aromatic rings. The Morgan fingerprint density at radius 2 is 1.71 bits per heavy atom. The lowest BCUT2D eigenvalue weighted by Gasteiger charge is -2.20. The first-order valence-corrected chi connectivity index (χ1v) is 6.35. The molecule has 0 unspecified atom stereocenters. The van der Waals surface area contributed by atoms with Crippen molar-refractivity contribution in [3.63, 3.8) is 0 Å². The molecule has 1 atom stereocenters. The number of hydrogen-bond donors (Lipinski definition) is 1. The smallest absolute Gasteiger partial charge is 0.244 e. The first-order valence-electron chi connectivity index (χ1n) is 6.35. The minimum atomic E-state index is -1.12. The summed E-state index contributed by atoms with van der Waals surface area (Å²) in [6, 6.07) is 1.82. The van der Waals surface area contributed by atoms with Crippen molar-refractivity contribution >= 4 is 11.7 Å². The summed E-state index contributed by atoms with van der Waals surface area (Å²) in [5.41, 5.74) is 0. The van der Waals surface area contributed by atoms with Gasteiger partial charge in [0.05, 0.1) is 6.07 Å². The Hall–Kier alpha value is -1.37. The first-order chi connectivity index (χ1) is 8.20. The number of nitrogens with one attached hydrogen (secondary N) is 1. The van der Waals surface area contributed by atoms with E-state index in [0.717, 1.165) is 38.5 Å². The predicted molar refractivity (Wildman–Crippen MR) is 64.0 cm³/mol. The summed E-state index contributed by atoms with van der Waals surface area (Å²) in [4.78, 5) is 23.5. The minimum Gasteiger partial charge on any atom is -0.358 e. The Bertz CT molecular complexity index is 312. The third-order valence-electron chi connectivity index (χ3n) is 3.43. The number of Topliss-reactive ketones (excluding diaryl/α,β-unsaturated/α-hetero) is 1. The molecule has 0 radical (unpaired) electrons. The van der Waals surface area contributed by atoms with Crippen LogP contribution in [-0.4, -0.2) is 18.7 Å². The standard InChI is InChI=1S/C13H20N2O2/c1-15-13(17)11(9-14)12(16)10-7-5-3-2-4-6-8-10/h10-11H,2-8H2,1H3,(H,15,17)/t11-/m1/s1. The first kappa shape index (κ1) is 13.7. The molecule has 1 amide bonds. The Balaban J connectivity index is 2.65. The normalized spacial score (nSPS) is 19.5. The number of rotatable bonds is 3. The topological polar surface area (TPSA) is 70.0 Å². The van der Waals surface area contributed by atoms with Crippen LogP contribution in [0.2, 0.25) is 0 Å². The summed E-state index contributed by atoms with van der Waals surface area (Å²) in [7, 11) is 1.46. The average molecular weight is 236 g/mol. The molecule has 4 nitrogen and oxygen atoms in total. The molecule has 94 valence electrons. The fourth-order valence-corrected chi connectivity index (χ4v) is 2.37. The predicted octanol–water partition coefficient (Wildman–Crippen LogP) is 1.80. The maximum atomic E-state index is 12.1. The molecule has 1 N–H and O–H groups in total. The monoisotopic (exact) mass is 236 g/mol. The molecule has 1 saturated carbocycles. The molecular formula is C13H20N2O2. The van der Waals surface area contributed by atoms with Crippen LogP contribution >= 0.6 is 0 Å². The Morgan fingerprint density at radius 1 is 1.18 bits per heavy atom. The number of ketones is 1. The van der Waals surface area contributed by atoms with Crippen molar-refractivity contribution in [3.05, 3.63) is 0 Å². The van der Waals surface area contributed by atoms with Gasteiger partial charge in [-0.15, -0.1) is 0 Å². The fraction of sp³-hybridized carbons (Fsp3) is 0.769. The quantitative estimate of drug-likeness (QED) is 0.760. The van der Waals surface area contributed by atoms with E-state index in [9.17, 15) is 9.59 Å². The zero-order valence-electron chi connectivity index (χ0n) is 10.4. The zero-order chi connectivity index (χ0) is 12.7. The van der Waals surface area contributed by atoms with Gasteiger partial charge in [0, 0.05) is 13.0 Å². The number of nitriles is 1. The van der Waals surface area contributed by atoms with Crippen LogP contribution in [0.3, 0.4) is 0 Å². The summed E-state index contributed by atoms with van der Waals surface area (Å²) in [5.74, 6) is -1.88. The van der Waals surface area contributed by atoms with Crippen LogP contribution in [0.4, 0.5) is 0 Å². The highest BCUT2D eigenvalue weighted by Crippen LogP contribution is 2.25. The maximum Gasteiger partial charge on any atom is 0.244 e. The number of carbonyl (C=O) groups excluding carboxylic acids is 2. The molecule has 1 rings (SSSR count). The van der Waals surface area contributed by atoms with Crippen molar-refractivity contribution in [1.29, 1.82) is 5.26 Å². The van der Waals surface area contributed by atoms with Crippen LogP contribution < -0.4 is 5.32 Å². The molecule has 1 fully saturated rings. The van der Waals surface area contributed by atoms with E-state index in [0.29, 0.717) is 0 Å². The van der Waals surface area contributed by atoms with Crippen LogP contribution in [0.15, 0.2) is 0 Å². The summed E-state index contributed by atoms with van der Waals surface area (Å²) >= 11 is 0. The second kappa shape index (κ2) is 7.05. The zero-order valence-corrected chi connectivity index (χ0v) is 10.4. The molecule has 0 aromatic heterocycles. The number of nitrogens with zero attached hydrogens (tertiary/aromatic N) is 1. The lowest BCUT2D eigenvalue weighted by atomic mass is 9.83. The van der Waals surface area contributed by atoms with Gasteiger partial charge in [-0.3, -0.25) is 9.59 Å². The van der Waals surface area contributed by atoms with E-state index in [2.05, 4.69) is 5.32 Å². The molecule has 0 spiro atoms. The van der Waals surface area contributed by atoms with E-state index in [1.54, 1.807) is 0 Å². The lowest BCUT2D eigenvalue weighted by molar-refractivity contribution is -0.134. The second-order valence-electron chi connectivity index (χ2n) is 4.62. The summed E-state index contributed by atoms with van der Waals surface area (Å²) in [5, 5.41) is 11.3. The summed E-state index contributed by atoms with van der Waals surface area (Å²) in [6.07, 6.45) is 7.26. The van der Waals surface area contributed by atoms with Crippen molar-refractivity contribution < 1.29 is 9.59 Å². The highest BCUT2D eigenvalue weighted by molar-refractivity contribution is 6.04. The largest absolute Gasteiger partial charge is 0.358 e. The lowest BCUT2D eigenvalue weighted by Crippen LogP contribution is -2.35. The van der Waals surface area contributed by atoms with Crippen LogP contribution in [-0.2, 0) is 9.59 Å². The van der Waals surface area contributed by atoms with Crippen molar-refractivity contribution in [2.75, 3.05) is 7.05 Å². The Labute approximate surface area is 102 Å². The van der Waals surface area contributed by atoms with Crippen molar-refractivity contribution in [2.24, 2.45) is 11.8 Å². The molecule has 17 heavy (non-hydrogen) atoms. The van der Waals surface area contributed by atoms with Gasteiger partial charge in [-0.2, -0.15) is 5.26 Å². The SMILES string of the molecule is CNC(=O)[C@H](C#N)C(=O)C1CCCCCCC1. The molecule has 0 aliphatic heterocycles. The molecule has 0 bridgehead atoms. The van der Waals surface area contributed by atoms with Crippen LogP contribution in [0.1, 0.15) is 44.9 Å². The van der Waals surface area contributed by atoms with Crippen molar-refractivity contribution in [1.82, 2.24) is 5.32 Å². The summed E-state index contributed by atoms with van der Waals surface area (Å²) in [6.45, 7) is 0. The van der Waals surface area contributed by atoms with Gasteiger partial charge in [-0.25, -0.2) is 0 Å². The van der Waals surface area contributed by atoms with Gasteiger partial charge in [0.25, 0.3) is 0 Å². The van der Waals surface area contributed by atoms with Gasteiger partial charge in [-0.1, -0.05) is 32.1 Å². The maximum absolute atomic E-state index is 12.1. The number of amides is 1. The van der Waals surface area contributed by atoms with E-state index in [1.165, 1.54) is 13.5 Å². The molecule has 4 heteroatoms. The van der Waals surface area contributed by atoms with Crippen molar-refractivity contribution in [2.45, 2.75) is 44.9 Å². The van der Waals surface area contributed by atoms with E-state index in [-0.39, 0.29) is 11.7 Å². The van der Waals surface area contributed by atoms with E-state index in [4.69, 9.17) is 5.26 Å². The molecular weight excluding hydrogens is 216 g/mol. The molecule has 0 aromatic carbocycles. The fourth-order valence-electron chi connectivity index (χ4n) is 2.37. The van der Waals surface area contributed by atoms with Gasteiger partial charge < -0.3 is 5.32 Å². The second-order valence-corrected chi connectivity index (χ2v) is 4.62. The molecule has 0 saturated heterocycles. The van der Waals surface area contributed by atoms with E-state index in [1.807, 2.05) is 6.07 Å². The van der Waals surface area contributed by atoms with Crippen LogP contribution in [0.5, 0.6) is 0 Å². The van der Waals surface area contributed by atoms with E-state index < -0.39 is 11.8 Å². The van der Waals surface area contributed by atoms with Gasteiger partial charge in [0.1, 0.15) is 0 Å². The van der Waals surface area contributed by atoms with Crippen molar-refractivity contribution in [3.8, 4) is 6.07 Å². The van der Waals surface area contributed by atoms with Gasteiger partial charge in [-0.05, 0) is 12.8 Å². The average Bonchev–Trinajstić information content (AvgIpc) is 2.29. The number of hydrogen-bond acceptors (Lipinski definition) is 3. The summed E-state index contributed by atoms with van der Waals surface area (Å²) < 4.78 is 0. The van der Waals surface area contributed by atoms with E-state index >= 15 is 0 Å². The van der Waals surface area contributed by atoms with Crippen LogP contribution in [0, 0.1) is 23.2 Å². The highest BCUT2D eigenvalue weighted by Gasteiger charge is 2.31. The third-order valence-corrected chi connectivity index (χ3v) is 3.43. The van der Waals surface area contributed by atoms with Crippen LogP contribution in [0.25, 0.3) is 0 Å². The number of carbonyl (C=O) groups is 2. The van der Waals surface area contributed by atoms with Gasteiger partial charge in [0.15, 0.2) is 11.7 Å². The molecule has 1 aliphatic rings. The Kier molecular flexibility index (Phi) is 5.68. The van der Waals surface area contributed by atoms with Gasteiger partial charge in [0.2, 0.25) is 5.91 Å². The minimum absolute atomic E-state index is 0.0998. The third kappa shape index (κ3) is 3.85. The Morgan fingerprint density at radius 3 is 2.18 bits per heavy atom. The molecule has 1 aliphatic carbocycles. The highest BCUT2D eigenvalue weighted by atomic mass is 16.2. The van der Waals surface area contributed by atoms with Gasteiger partial charge >= 0.3 is 0 Å².